The van der Waals surface area contributed by atoms with Crippen LogP contribution < -0.4 is 20.5 Å². The van der Waals surface area contributed by atoms with Crippen LogP contribution in [0.25, 0.3) is 0 Å². The molecule has 0 radical (unpaired) electrons. The average molecular weight is 444 g/mol. The summed E-state index contributed by atoms with van der Waals surface area (Å²) in [6, 6.07) is 12.6. The quantitative estimate of drug-likeness (QED) is 0.476. The molecular weight excluding hydrogens is 413 g/mol. The highest BCUT2D eigenvalue weighted by atomic mass is 19.1. The van der Waals surface area contributed by atoms with Crippen LogP contribution in [0.3, 0.4) is 0 Å². The number of benzene rings is 2. The highest BCUT2D eigenvalue weighted by Gasteiger charge is 2.20. The number of nitrogens with zero attached hydrogens (tertiary/aromatic N) is 3. The lowest BCUT2D eigenvalue weighted by molar-refractivity contribution is -0.119. The third-order valence-electron chi connectivity index (χ3n) is 5.24. The molecule has 1 aliphatic rings. The maximum Gasteiger partial charge on any atom is 0.255 e. The number of guanidine groups is 1. The predicted octanol–water partition coefficient (Wildman–Crippen LogP) is 1.59. The number of piperazine rings is 1. The van der Waals surface area contributed by atoms with E-state index >= 15 is 0 Å². The van der Waals surface area contributed by atoms with Crippen LogP contribution in [0.1, 0.15) is 11.1 Å². The summed E-state index contributed by atoms with van der Waals surface area (Å²) in [5.74, 6) is 0.839. The average Bonchev–Trinajstić information content (AvgIpc) is 2.79. The molecule has 1 amide bonds. The molecule has 32 heavy (non-hydrogen) atoms. The van der Waals surface area contributed by atoms with E-state index in [1.807, 2.05) is 24.3 Å². The molecule has 0 bridgehead atoms. The zero-order valence-electron chi connectivity index (χ0n) is 18.5. The van der Waals surface area contributed by atoms with Gasteiger partial charge in [-0.3, -0.25) is 14.7 Å². The largest absolute Gasteiger partial charge is 0.494 e. The number of nitrogens with two attached hydrogens (primary N) is 1. The molecule has 172 valence electrons. The van der Waals surface area contributed by atoms with E-state index in [9.17, 15) is 9.18 Å². The first kappa shape index (κ1) is 23.3. The van der Waals surface area contributed by atoms with Gasteiger partial charge in [0.25, 0.3) is 5.91 Å². The molecule has 3 rings (SSSR count). The van der Waals surface area contributed by atoms with Crippen LogP contribution in [0.2, 0.25) is 0 Å². The smallest absolute Gasteiger partial charge is 0.255 e. The highest BCUT2D eigenvalue weighted by molar-refractivity contribution is 5.80. The molecule has 1 aliphatic heterocycles. The van der Waals surface area contributed by atoms with Gasteiger partial charge >= 0.3 is 0 Å². The minimum absolute atomic E-state index is 0.147. The van der Waals surface area contributed by atoms with E-state index in [0.717, 1.165) is 43.3 Å². The summed E-state index contributed by atoms with van der Waals surface area (Å²) in [7, 11) is 3.23. The lowest BCUT2D eigenvalue weighted by atomic mass is 10.2. The van der Waals surface area contributed by atoms with Crippen LogP contribution in [-0.4, -0.2) is 68.6 Å². The van der Waals surface area contributed by atoms with Gasteiger partial charge in [0, 0.05) is 46.3 Å². The van der Waals surface area contributed by atoms with E-state index in [1.54, 1.807) is 19.2 Å². The second-order valence-electron chi connectivity index (χ2n) is 7.54. The monoisotopic (exact) mass is 443 g/mol. The second-order valence-corrected chi connectivity index (χ2v) is 7.54. The number of nitrogens with one attached hydrogen (secondary N) is 1. The Morgan fingerprint density at radius 1 is 1.16 bits per heavy atom. The molecule has 1 saturated heterocycles. The van der Waals surface area contributed by atoms with Gasteiger partial charge in [0.1, 0.15) is 5.75 Å². The molecule has 3 N–H and O–H groups in total. The van der Waals surface area contributed by atoms with Gasteiger partial charge in [-0.15, -0.1) is 0 Å². The number of aliphatic imine (C=N–C) groups is 1. The van der Waals surface area contributed by atoms with E-state index < -0.39 is 5.91 Å². The van der Waals surface area contributed by atoms with Gasteiger partial charge in [0.15, 0.2) is 24.1 Å². The van der Waals surface area contributed by atoms with Crippen LogP contribution in [0, 0.1) is 5.82 Å². The third kappa shape index (κ3) is 6.58. The van der Waals surface area contributed by atoms with E-state index in [-0.39, 0.29) is 18.2 Å². The Morgan fingerprint density at radius 2 is 1.94 bits per heavy atom. The van der Waals surface area contributed by atoms with E-state index in [1.165, 1.54) is 13.2 Å². The summed E-state index contributed by atoms with van der Waals surface area (Å²) in [6.45, 7) is 4.46. The summed E-state index contributed by atoms with van der Waals surface area (Å²) in [4.78, 5) is 19.8. The van der Waals surface area contributed by atoms with Gasteiger partial charge in [-0.05, 0) is 35.4 Å². The molecule has 0 saturated carbocycles. The van der Waals surface area contributed by atoms with Crippen molar-refractivity contribution in [3.8, 4) is 11.5 Å². The standard InChI is InChI=1S/C23H30FN5O3/c1-26-23(27-14-17-4-3-5-19(12-17)32-16-22(25)30)29-10-8-28(9-11-29)15-18-6-7-21(31-2)20(24)13-18/h3-7,12-13H,8-11,14-16H2,1-2H3,(H2,25,30)(H,26,27). The van der Waals surface area contributed by atoms with E-state index in [4.69, 9.17) is 15.2 Å². The number of amides is 1. The van der Waals surface area contributed by atoms with Gasteiger partial charge in [0.2, 0.25) is 0 Å². The lowest BCUT2D eigenvalue weighted by Crippen LogP contribution is -2.52. The molecule has 1 fully saturated rings. The zero-order valence-corrected chi connectivity index (χ0v) is 18.5. The predicted molar refractivity (Wildman–Crippen MR) is 121 cm³/mol. The number of hydrogen-bond acceptors (Lipinski definition) is 5. The molecule has 2 aromatic rings. The van der Waals surface area contributed by atoms with Crippen LogP contribution in [-0.2, 0) is 17.9 Å². The number of primary amides is 1. The number of methoxy groups -OCH3 is 1. The Balaban J connectivity index is 1.48. The fourth-order valence-corrected chi connectivity index (χ4v) is 3.60. The zero-order chi connectivity index (χ0) is 22.9. The Hall–Kier alpha value is -3.33. The normalized spacial score (nSPS) is 14.8. The van der Waals surface area contributed by atoms with E-state index in [2.05, 4.69) is 20.1 Å². The lowest BCUT2D eigenvalue weighted by Gasteiger charge is -2.36. The molecule has 9 heteroatoms. The third-order valence-corrected chi connectivity index (χ3v) is 5.24. The highest BCUT2D eigenvalue weighted by Crippen LogP contribution is 2.19. The second kappa shape index (κ2) is 11.3. The number of rotatable bonds is 8. The molecule has 8 nitrogen and oxygen atoms in total. The van der Waals surface area contributed by atoms with Crippen LogP contribution in [0.15, 0.2) is 47.5 Å². The van der Waals surface area contributed by atoms with Gasteiger partial charge < -0.3 is 25.4 Å². The first-order valence-corrected chi connectivity index (χ1v) is 10.5. The van der Waals surface area contributed by atoms with Crippen molar-refractivity contribution in [2.75, 3.05) is 46.9 Å². The fraction of sp³-hybridized carbons (Fsp3) is 0.391. The Morgan fingerprint density at radius 3 is 2.59 bits per heavy atom. The van der Waals surface area contributed by atoms with Crippen molar-refractivity contribution in [1.82, 2.24) is 15.1 Å². The molecule has 0 atom stereocenters. The van der Waals surface area contributed by atoms with Crippen molar-refractivity contribution in [3.05, 3.63) is 59.4 Å². The van der Waals surface area contributed by atoms with Crippen molar-refractivity contribution in [3.63, 3.8) is 0 Å². The van der Waals surface area contributed by atoms with Gasteiger partial charge in [-0.2, -0.15) is 0 Å². The first-order valence-electron chi connectivity index (χ1n) is 10.5. The van der Waals surface area contributed by atoms with Crippen molar-refractivity contribution >= 4 is 11.9 Å². The van der Waals surface area contributed by atoms with Crippen molar-refractivity contribution in [2.24, 2.45) is 10.7 Å². The Bertz CT molecular complexity index is 945. The molecule has 0 unspecified atom stereocenters. The van der Waals surface area contributed by atoms with Crippen molar-refractivity contribution in [1.29, 1.82) is 0 Å². The Labute approximate surface area is 187 Å². The van der Waals surface area contributed by atoms with Crippen molar-refractivity contribution in [2.45, 2.75) is 13.1 Å². The minimum atomic E-state index is -0.509. The summed E-state index contributed by atoms with van der Waals surface area (Å²) < 4.78 is 24.3. The van der Waals surface area contributed by atoms with Crippen LogP contribution in [0.4, 0.5) is 4.39 Å². The number of hydrogen-bond donors (Lipinski definition) is 2. The first-order chi connectivity index (χ1) is 15.5. The maximum atomic E-state index is 13.9. The summed E-state index contributed by atoms with van der Waals surface area (Å²) in [6.07, 6.45) is 0. The molecule has 0 spiro atoms. The van der Waals surface area contributed by atoms with Gasteiger partial charge in [0.05, 0.1) is 7.11 Å². The Kier molecular flexibility index (Phi) is 8.27. The fourth-order valence-electron chi connectivity index (χ4n) is 3.60. The van der Waals surface area contributed by atoms with Crippen LogP contribution in [0.5, 0.6) is 11.5 Å². The number of ether oxygens (including phenoxy) is 2. The van der Waals surface area contributed by atoms with E-state index in [0.29, 0.717) is 18.8 Å². The maximum absolute atomic E-state index is 13.9. The molecular formula is C23H30FN5O3. The van der Waals surface area contributed by atoms with Gasteiger partial charge in [-0.1, -0.05) is 18.2 Å². The number of carbonyl (C=O) groups excluding carboxylic acids is 1. The minimum Gasteiger partial charge on any atom is -0.494 e. The summed E-state index contributed by atoms with van der Waals surface area (Å²) >= 11 is 0. The SMILES string of the molecule is CN=C(NCc1cccc(OCC(N)=O)c1)N1CCN(Cc2ccc(OC)c(F)c2)CC1. The molecule has 0 aliphatic carbocycles. The summed E-state index contributed by atoms with van der Waals surface area (Å²) in [5, 5.41) is 3.38. The number of halogens is 1. The molecule has 0 aromatic heterocycles. The van der Waals surface area contributed by atoms with Crippen LogP contribution >= 0.6 is 0 Å². The molecule has 2 aromatic carbocycles. The summed E-state index contributed by atoms with van der Waals surface area (Å²) in [5.41, 5.74) is 7.06. The topological polar surface area (TPSA) is 92.4 Å². The molecule has 1 heterocycles. The van der Waals surface area contributed by atoms with Gasteiger partial charge in [-0.25, -0.2) is 4.39 Å². The van der Waals surface area contributed by atoms with Crippen molar-refractivity contribution < 1.29 is 18.7 Å². The number of carbonyl (C=O) groups is 1.